The van der Waals surface area contributed by atoms with Crippen molar-refractivity contribution >= 4 is 17.6 Å². The molecule has 2 aromatic heterocycles. The van der Waals surface area contributed by atoms with E-state index in [9.17, 15) is 0 Å². The second kappa shape index (κ2) is 8.69. The molecule has 0 aliphatic carbocycles. The third kappa shape index (κ3) is 4.22. The van der Waals surface area contributed by atoms with Crippen LogP contribution in [0.15, 0.2) is 60.8 Å². The minimum absolute atomic E-state index is 0.792. The van der Waals surface area contributed by atoms with Gasteiger partial charge < -0.3 is 15.1 Å². The minimum atomic E-state index is 0.792. The molecule has 0 spiro atoms. The summed E-state index contributed by atoms with van der Waals surface area (Å²) in [4.78, 5) is 18.7. The summed E-state index contributed by atoms with van der Waals surface area (Å²) in [7, 11) is 0. The molecule has 0 saturated carbocycles. The highest BCUT2D eigenvalue weighted by Gasteiger charge is 2.21. The number of hydrogen-bond acceptors (Lipinski definition) is 6. The quantitative estimate of drug-likeness (QED) is 0.710. The second-order valence-electron chi connectivity index (χ2n) is 6.89. The SMILES string of the molecule is CCCNc1cc(-c2ccccc2)nc(N2CCN(c3ccccn3)CC2)n1. The van der Waals surface area contributed by atoms with Gasteiger partial charge in [0.25, 0.3) is 0 Å². The van der Waals surface area contributed by atoms with Gasteiger partial charge in [-0.1, -0.05) is 43.3 Å². The third-order valence-corrected chi connectivity index (χ3v) is 4.88. The molecule has 3 heterocycles. The van der Waals surface area contributed by atoms with Gasteiger partial charge in [-0.15, -0.1) is 0 Å². The van der Waals surface area contributed by atoms with Crippen molar-refractivity contribution in [2.75, 3.05) is 47.8 Å². The number of hydrogen-bond donors (Lipinski definition) is 1. The maximum atomic E-state index is 4.87. The van der Waals surface area contributed by atoms with Crippen molar-refractivity contribution in [2.45, 2.75) is 13.3 Å². The lowest BCUT2D eigenvalue weighted by atomic mass is 10.1. The fourth-order valence-corrected chi connectivity index (χ4v) is 3.35. The van der Waals surface area contributed by atoms with Crippen molar-refractivity contribution in [3.63, 3.8) is 0 Å². The van der Waals surface area contributed by atoms with E-state index in [0.717, 1.165) is 68.0 Å². The van der Waals surface area contributed by atoms with E-state index >= 15 is 0 Å². The Balaban J connectivity index is 1.55. The molecule has 6 nitrogen and oxygen atoms in total. The maximum absolute atomic E-state index is 4.87. The molecule has 0 bridgehead atoms. The van der Waals surface area contributed by atoms with Crippen LogP contribution in [0.5, 0.6) is 0 Å². The lowest BCUT2D eigenvalue weighted by Gasteiger charge is -2.35. The van der Waals surface area contributed by atoms with Crippen molar-refractivity contribution in [3.8, 4) is 11.3 Å². The monoisotopic (exact) mass is 374 g/mol. The van der Waals surface area contributed by atoms with Crippen LogP contribution in [0.1, 0.15) is 13.3 Å². The zero-order valence-electron chi connectivity index (χ0n) is 16.3. The van der Waals surface area contributed by atoms with E-state index in [4.69, 9.17) is 9.97 Å². The lowest BCUT2D eigenvalue weighted by Crippen LogP contribution is -2.47. The van der Waals surface area contributed by atoms with Crippen molar-refractivity contribution < 1.29 is 0 Å². The average Bonchev–Trinajstić information content (AvgIpc) is 2.79. The molecule has 0 unspecified atom stereocenters. The van der Waals surface area contributed by atoms with Crippen molar-refractivity contribution in [1.29, 1.82) is 0 Å². The highest BCUT2D eigenvalue weighted by molar-refractivity contribution is 5.64. The third-order valence-electron chi connectivity index (χ3n) is 4.88. The topological polar surface area (TPSA) is 57.2 Å². The van der Waals surface area contributed by atoms with E-state index in [0.29, 0.717) is 0 Å². The molecule has 0 amide bonds. The molecule has 28 heavy (non-hydrogen) atoms. The standard InChI is InChI=1S/C22H26N6/c1-2-11-23-20-17-19(18-8-4-3-5-9-18)25-22(26-20)28-15-13-27(14-16-28)21-10-6-7-12-24-21/h3-10,12,17H,2,11,13-16H2,1H3,(H,23,25,26). The van der Waals surface area contributed by atoms with Crippen LogP contribution in [0.3, 0.4) is 0 Å². The molecule has 1 N–H and O–H groups in total. The molecular formula is C22H26N6. The first-order chi connectivity index (χ1) is 13.8. The largest absolute Gasteiger partial charge is 0.370 e. The zero-order valence-corrected chi connectivity index (χ0v) is 16.3. The normalized spacial score (nSPS) is 14.2. The Kier molecular flexibility index (Phi) is 5.66. The van der Waals surface area contributed by atoms with Crippen LogP contribution < -0.4 is 15.1 Å². The van der Waals surface area contributed by atoms with E-state index in [-0.39, 0.29) is 0 Å². The summed E-state index contributed by atoms with van der Waals surface area (Å²) < 4.78 is 0. The Bertz CT molecular complexity index is 876. The van der Waals surface area contributed by atoms with Crippen LogP contribution in [-0.4, -0.2) is 47.7 Å². The van der Waals surface area contributed by atoms with Crippen molar-refractivity contribution in [1.82, 2.24) is 15.0 Å². The molecule has 0 radical (unpaired) electrons. The molecule has 1 fully saturated rings. The van der Waals surface area contributed by atoms with E-state index < -0.39 is 0 Å². The number of piperazine rings is 1. The second-order valence-corrected chi connectivity index (χ2v) is 6.89. The smallest absolute Gasteiger partial charge is 0.227 e. The van der Waals surface area contributed by atoms with Crippen LogP contribution >= 0.6 is 0 Å². The summed E-state index contributed by atoms with van der Waals surface area (Å²) >= 11 is 0. The summed E-state index contributed by atoms with van der Waals surface area (Å²) in [5.74, 6) is 2.71. The first kappa shape index (κ1) is 18.2. The Morgan fingerprint density at radius 2 is 1.64 bits per heavy atom. The molecule has 1 aliphatic heterocycles. The molecule has 144 valence electrons. The average molecular weight is 374 g/mol. The number of anilines is 3. The molecule has 1 aromatic carbocycles. The summed E-state index contributed by atoms with van der Waals surface area (Å²) in [5.41, 5.74) is 2.06. The summed E-state index contributed by atoms with van der Waals surface area (Å²) in [6.07, 6.45) is 2.91. The number of pyridine rings is 1. The predicted octanol–water partition coefficient (Wildman–Crippen LogP) is 3.69. The van der Waals surface area contributed by atoms with Crippen molar-refractivity contribution in [2.24, 2.45) is 0 Å². The molecule has 0 atom stereocenters. The van der Waals surface area contributed by atoms with Crippen LogP contribution in [0.25, 0.3) is 11.3 Å². The Hall–Kier alpha value is -3.15. The predicted molar refractivity (Wildman–Crippen MR) is 115 cm³/mol. The van der Waals surface area contributed by atoms with Gasteiger partial charge in [0.2, 0.25) is 5.95 Å². The van der Waals surface area contributed by atoms with E-state index in [2.05, 4.69) is 45.2 Å². The van der Waals surface area contributed by atoms with E-state index in [1.807, 2.05) is 42.6 Å². The van der Waals surface area contributed by atoms with Crippen LogP contribution in [0.2, 0.25) is 0 Å². The number of nitrogens with zero attached hydrogens (tertiary/aromatic N) is 5. The van der Waals surface area contributed by atoms with Gasteiger partial charge in [-0.3, -0.25) is 0 Å². The molecule has 1 saturated heterocycles. The lowest BCUT2D eigenvalue weighted by molar-refractivity contribution is 0.635. The maximum Gasteiger partial charge on any atom is 0.227 e. The van der Waals surface area contributed by atoms with Gasteiger partial charge in [-0.25, -0.2) is 9.97 Å². The number of benzene rings is 1. The van der Waals surface area contributed by atoms with Crippen LogP contribution in [0, 0.1) is 0 Å². The molecular weight excluding hydrogens is 348 g/mol. The Morgan fingerprint density at radius 1 is 0.893 bits per heavy atom. The molecule has 4 rings (SSSR count). The summed E-state index contributed by atoms with van der Waals surface area (Å²) in [6.45, 7) is 6.63. The van der Waals surface area contributed by atoms with Gasteiger partial charge in [-0.05, 0) is 18.6 Å². The highest BCUT2D eigenvalue weighted by atomic mass is 15.3. The van der Waals surface area contributed by atoms with Gasteiger partial charge in [-0.2, -0.15) is 4.98 Å². The number of nitrogens with one attached hydrogen (secondary N) is 1. The van der Waals surface area contributed by atoms with Gasteiger partial charge in [0.05, 0.1) is 5.69 Å². The van der Waals surface area contributed by atoms with Crippen LogP contribution in [-0.2, 0) is 0 Å². The van der Waals surface area contributed by atoms with Gasteiger partial charge in [0, 0.05) is 50.6 Å². The highest BCUT2D eigenvalue weighted by Crippen LogP contribution is 2.24. The fourth-order valence-electron chi connectivity index (χ4n) is 3.35. The number of aromatic nitrogens is 3. The van der Waals surface area contributed by atoms with Crippen molar-refractivity contribution in [3.05, 3.63) is 60.8 Å². The fraction of sp³-hybridized carbons (Fsp3) is 0.318. The Morgan fingerprint density at radius 3 is 2.36 bits per heavy atom. The summed E-state index contributed by atoms with van der Waals surface area (Å²) in [6, 6.07) is 18.4. The first-order valence-corrected chi connectivity index (χ1v) is 9.93. The van der Waals surface area contributed by atoms with Gasteiger partial charge >= 0.3 is 0 Å². The zero-order chi connectivity index (χ0) is 19.2. The van der Waals surface area contributed by atoms with E-state index in [1.165, 1.54) is 0 Å². The van der Waals surface area contributed by atoms with Gasteiger partial charge in [0.1, 0.15) is 11.6 Å². The Labute approximate surface area is 166 Å². The first-order valence-electron chi connectivity index (χ1n) is 9.93. The molecule has 1 aliphatic rings. The number of rotatable bonds is 6. The van der Waals surface area contributed by atoms with E-state index in [1.54, 1.807) is 0 Å². The minimum Gasteiger partial charge on any atom is -0.370 e. The molecule has 6 heteroatoms. The summed E-state index contributed by atoms with van der Waals surface area (Å²) in [5, 5.41) is 3.42. The van der Waals surface area contributed by atoms with Gasteiger partial charge in [0.15, 0.2) is 0 Å². The molecule has 3 aromatic rings. The van der Waals surface area contributed by atoms with Crippen LogP contribution in [0.4, 0.5) is 17.6 Å².